The van der Waals surface area contributed by atoms with Crippen LogP contribution in [0.15, 0.2) is 36.5 Å². The number of aromatic nitrogens is 2. The lowest BCUT2D eigenvalue weighted by Gasteiger charge is -2.31. The summed E-state index contributed by atoms with van der Waals surface area (Å²) in [5, 5.41) is 3.06. The summed E-state index contributed by atoms with van der Waals surface area (Å²) in [5.74, 6) is 1.74. The van der Waals surface area contributed by atoms with Crippen molar-refractivity contribution in [2.45, 2.75) is 33.2 Å². The first kappa shape index (κ1) is 18.2. The van der Waals surface area contributed by atoms with Crippen molar-refractivity contribution in [2.75, 3.05) is 24.6 Å². The van der Waals surface area contributed by atoms with Crippen LogP contribution in [-0.2, 0) is 11.3 Å². The van der Waals surface area contributed by atoms with Crippen LogP contribution in [-0.4, -0.2) is 35.6 Å². The van der Waals surface area contributed by atoms with Crippen LogP contribution in [0, 0.1) is 12.8 Å². The Balaban J connectivity index is 1.51. The number of nitrogens with zero attached hydrogens (tertiary/aromatic N) is 3. The third-order valence-electron chi connectivity index (χ3n) is 4.66. The lowest BCUT2D eigenvalue weighted by molar-refractivity contribution is -0.125. The first-order valence-electron chi connectivity index (χ1n) is 9.20. The van der Waals surface area contributed by atoms with E-state index in [-0.39, 0.29) is 11.8 Å². The summed E-state index contributed by atoms with van der Waals surface area (Å²) < 4.78 is 5.62. The van der Waals surface area contributed by atoms with Gasteiger partial charge in [-0.1, -0.05) is 18.2 Å². The fourth-order valence-corrected chi connectivity index (χ4v) is 3.20. The van der Waals surface area contributed by atoms with Gasteiger partial charge < -0.3 is 15.0 Å². The molecule has 1 aromatic carbocycles. The molecule has 0 unspecified atom stereocenters. The first-order chi connectivity index (χ1) is 12.7. The smallest absolute Gasteiger partial charge is 0.225 e. The predicted molar refractivity (Wildman–Crippen MR) is 101 cm³/mol. The highest BCUT2D eigenvalue weighted by Crippen LogP contribution is 2.22. The van der Waals surface area contributed by atoms with Gasteiger partial charge in [-0.25, -0.2) is 9.97 Å². The molecule has 0 radical (unpaired) electrons. The number of rotatable bonds is 6. The summed E-state index contributed by atoms with van der Waals surface area (Å²) in [5.41, 5.74) is 1.97. The van der Waals surface area contributed by atoms with Gasteiger partial charge in [0.1, 0.15) is 5.75 Å². The molecule has 1 amide bonds. The van der Waals surface area contributed by atoms with Crippen LogP contribution in [0.3, 0.4) is 0 Å². The first-order valence-corrected chi connectivity index (χ1v) is 9.20. The number of anilines is 1. The van der Waals surface area contributed by atoms with Crippen LogP contribution < -0.4 is 15.0 Å². The Kier molecular flexibility index (Phi) is 6.04. The van der Waals surface area contributed by atoms with Crippen LogP contribution >= 0.6 is 0 Å². The van der Waals surface area contributed by atoms with Gasteiger partial charge in [0.25, 0.3) is 0 Å². The number of benzene rings is 1. The van der Waals surface area contributed by atoms with Crippen LogP contribution in [0.2, 0.25) is 0 Å². The molecule has 6 heteroatoms. The van der Waals surface area contributed by atoms with E-state index in [4.69, 9.17) is 4.74 Å². The average Bonchev–Trinajstić information content (AvgIpc) is 2.67. The maximum atomic E-state index is 12.5. The highest BCUT2D eigenvalue weighted by atomic mass is 16.5. The summed E-state index contributed by atoms with van der Waals surface area (Å²) >= 11 is 0. The Morgan fingerprint density at radius 2 is 2.04 bits per heavy atom. The normalized spacial score (nSPS) is 14.9. The Bertz CT molecular complexity index is 742. The molecule has 2 heterocycles. The molecule has 3 rings (SSSR count). The van der Waals surface area contributed by atoms with E-state index in [9.17, 15) is 4.79 Å². The number of amides is 1. The predicted octanol–water partition coefficient (Wildman–Crippen LogP) is 2.72. The zero-order chi connectivity index (χ0) is 18.4. The van der Waals surface area contributed by atoms with Gasteiger partial charge in [-0.2, -0.15) is 0 Å². The fraction of sp³-hybridized carbons (Fsp3) is 0.450. The number of ether oxygens (including phenoxy) is 1. The zero-order valence-corrected chi connectivity index (χ0v) is 15.4. The number of piperidine rings is 1. The molecule has 2 aromatic rings. The highest BCUT2D eigenvalue weighted by Gasteiger charge is 2.26. The minimum Gasteiger partial charge on any atom is -0.494 e. The number of hydrogen-bond donors (Lipinski definition) is 1. The fourth-order valence-electron chi connectivity index (χ4n) is 3.20. The molecule has 1 fully saturated rings. The van der Waals surface area contributed by atoms with Gasteiger partial charge in [0, 0.05) is 43.0 Å². The molecule has 0 aliphatic carbocycles. The van der Waals surface area contributed by atoms with Gasteiger partial charge in [0.05, 0.1) is 6.61 Å². The van der Waals surface area contributed by atoms with Gasteiger partial charge >= 0.3 is 0 Å². The minimum atomic E-state index is 0.0373. The summed E-state index contributed by atoms with van der Waals surface area (Å²) in [6.07, 6.45) is 3.42. The summed E-state index contributed by atoms with van der Waals surface area (Å²) in [4.78, 5) is 23.5. The zero-order valence-electron chi connectivity index (χ0n) is 15.4. The maximum Gasteiger partial charge on any atom is 0.225 e. The van der Waals surface area contributed by atoms with Gasteiger partial charge in [-0.05, 0) is 38.8 Å². The Morgan fingerprint density at radius 1 is 1.27 bits per heavy atom. The van der Waals surface area contributed by atoms with Crippen molar-refractivity contribution in [1.82, 2.24) is 15.3 Å². The van der Waals surface area contributed by atoms with Crippen molar-refractivity contribution in [1.29, 1.82) is 0 Å². The third kappa shape index (κ3) is 4.50. The van der Waals surface area contributed by atoms with Crippen molar-refractivity contribution >= 4 is 11.9 Å². The van der Waals surface area contributed by atoms with Crippen LogP contribution in [0.5, 0.6) is 5.75 Å². The Hall–Kier alpha value is -2.63. The minimum absolute atomic E-state index is 0.0373. The number of aryl methyl sites for hydroxylation is 1. The van der Waals surface area contributed by atoms with E-state index in [2.05, 4.69) is 20.2 Å². The van der Waals surface area contributed by atoms with Gasteiger partial charge in [0.15, 0.2) is 0 Å². The summed E-state index contributed by atoms with van der Waals surface area (Å²) in [6, 6.07) is 9.72. The molecular weight excluding hydrogens is 328 g/mol. The van der Waals surface area contributed by atoms with Crippen molar-refractivity contribution < 1.29 is 9.53 Å². The Morgan fingerprint density at radius 3 is 2.77 bits per heavy atom. The molecule has 1 aromatic heterocycles. The monoisotopic (exact) mass is 354 g/mol. The second-order valence-corrected chi connectivity index (χ2v) is 6.52. The number of hydrogen-bond acceptors (Lipinski definition) is 5. The van der Waals surface area contributed by atoms with Crippen molar-refractivity contribution in [3.63, 3.8) is 0 Å². The molecule has 138 valence electrons. The van der Waals surface area contributed by atoms with E-state index in [0.717, 1.165) is 48.9 Å². The van der Waals surface area contributed by atoms with E-state index < -0.39 is 0 Å². The maximum absolute atomic E-state index is 12.5. The van der Waals surface area contributed by atoms with Crippen LogP contribution in [0.1, 0.15) is 31.0 Å². The van der Waals surface area contributed by atoms with Crippen molar-refractivity contribution in [3.8, 4) is 5.75 Å². The molecule has 1 N–H and O–H groups in total. The molecule has 6 nitrogen and oxygen atoms in total. The lowest BCUT2D eigenvalue weighted by Crippen LogP contribution is -2.41. The van der Waals surface area contributed by atoms with Crippen LogP contribution in [0.25, 0.3) is 0 Å². The SMILES string of the molecule is CCOc1ccccc1CNC(=O)C1CCN(c2nccc(C)n2)CC1. The standard InChI is InChI=1S/C20H26N4O2/c1-3-26-18-7-5-4-6-17(18)14-22-19(25)16-9-12-24(13-10-16)20-21-11-8-15(2)23-20/h4-8,11,16H,3,9-10,12-14H2,1-2H3,(H,22,25). The topological polar surface area (TPSA) is 67.3 Å². The molecule has 1 aliphatic rings. The van der Waals surface area contributed by atoms with Crippen LogP contribution in [0.4, 0.5) is 5.95 Å². The largest absolute Gasteiger partial charge is 0.494 e. The molecule has 0 bridgehead atoms. The summed E-state index contributed by atoms with van der Waals surface area (Å²) in [6.45, 7) is 6.64. The van der Waals surface area contributed by atoms with E-state index in [0.29, 0.717) is 13.2 Å². The van der Waals surface area contributed by atoms with Gasteiger partial charge in [-0.15, -0.1) is 0 Å². The molecule has 0 atom stereocenters. The number of carbonyl (C=O) groups is 1. The second kappa shape index (κ2) is 8.65. The average molecular weight is 354 g/mol. The Labute approximate surface area is 154 Å². The molecule has 1 saturated heterocycles. The quantitative estimate of drug-likeness (QED) is 0.864. The van der Waals surface area contributed by atoms with E-state index >= 15 is 0 Å². The highest BCUT2D eigenvalue weighted by molar-refractivity contribution is 5.79. The molecule has 26 heavy (non-hydrogen) atoms. The number of nitrogens with one attached hydrogen (secondary N) is 1. The molecule has 0 saturated carbocycles. The number of carbonyl (C=O) groups excluding carboxylic acids is 1. The van der Waals surface area contributed by atoms with Gasteiger partial charge in [-0.3, -0.25) is 4.79 Å². The second-order valence-electron chi connectivity index (χ2n) is 6.52. The van der Waals surface area contributed by atoms with E-state index in [1.807, 2.05) is 44.2 Å². The van der Waals surface area contributed by atoms with E-state index in [1.165, 1.54) is 0 Å². The third-order valence-corrected chi connectivity index (χ3v) is 4.66. The summed E-state index contributed by atoms with van der Waals surface area (Å²) in [7, 11) is 0. The lowest BCUT2D eigenvalue weighted by atomic mass is 9.96. The van der Waals surface area contributed by atoms with E-state index in [1.54, 1.807) is 6.20 Å². The van der Waals surface area contributed by atoms with Gasteiger partial charge in [0.2, 0.25) is 11.9 Å². The molecule has 1 aliphatic heterocycles. The number of para-hydroxylation sites is 1. The van der Waals surface area contributed by atoms with Crippen molar-refractivity contribution in [2.24, 2.45) is 5.92 Å². The van der Waals surface area contributed by atoms with Crippen molar-refractivity contribution in [3.05, 3.63) is 47.8 Å². The molecule has 0 spiro atoms. The molecular formula is C20H26N4O2.